The molecule has 1 unspecified atom stereocenters. The molecule has 1 atom stereocenters. The molecular formula is C6H8N2O2S. The summed E-state index contributed by atoms with van der Waals surface area (Å²) in [6.45, 7) is 1.81. The molecule has 11 heavy (non-hydrogen) atoms. The van der Waals surface area contributed by atoms with Crippen LogP contribution in [-0.2, 0) is 16.8 Å². The fraction of sp³-hybridized carbons (Fsp3) is 0.333. The van der Waals surface area contributed by atoms with Crippen LogP contribution in [0.1, 0.15) is 11.5 Å². The number of rotatable bonds is 2. The summed E-state index contributed by atoms with van der Waals surface area (Å²) in [7, 11) is 0. The monoisotopic (exact) mass is 172 g/mol. The van der Waals surface area contributed by atoms with Gasteiger partial charge in [0.1, 0.15) is 11.6 Å². The van der Waals surface area contributed by atoms with E-state index in [9.17, 15) is 4.21 Å². The van der Waals surface area contributed by atoms with E-state index in [4.69, 9.17) is 4.55 Å². The van der Waals surface area contributed by atoms with Crippen molar-refractivity contribution in [2.24, 2.45) is 0 Å². The van der Waals surface area contributed by atoms with Crippen LogP contribution in [0.25, 0.3) is 0 Å². The Bertz CT molecular complexity index is 277. The molecule has 0 radical (unpaired) electrons. The van der Waals surface area contributed by atoms with Gasteiger partial charge < -0.3 is 4.55 Å². The molecule has 0 saturated heterocycles. The van der Waals surface area contributed by atoms with Gasteiger partial charge in [0, 0.05) is 11.9 Å². The summed E-state index contributed by atoms with van der Waals surface area (Å²) >= 11 is -1.85. The number of aryl methyl sites for hydroxylation is 1. The van der Waals surface area contributed by atoms with Crippen LogP contribution in [0.15, 0.2) is 12.3 Å². The minimum Gasteiger partial charge on any atom is -0.306 e. The maximum absolute atomic E-state index is 10.3. The summed E-state index contributed by atoms with van der Waals surface area (Å²) in [6, 6.07) is 1.74. The lowest BCUT2D eigenvalue weighted by Crippen LogP contribution is -2.00. The van der Waals surface area contributed by atoms with Gasteiger partial charge >= 0.3 is 0 Å². The van der Waals surface area contributed by atoms with Gasteiger partial charge in [-0.1, -0.05) is 0 Å². The quantitative estimate of drug-likeness (QED) is 0.660. The Labute approximate surface area is 67.0 Å². The van der Waals surface area contributed by atoms with Gasteiger partial charge in [-0.2, -0.15) is 0 Å². The van der Waals surface area contributed by atoms with Gasteiger partial charge in [-0.3, -0.25) is 0 Å². The Morgan fingerprint density at radius 2 is 2.45 bits per heavy atom. The molecule has 0 aliphatic rings. The molecule has 0 aliphatic heterocycles. The van der Waals surface area contributed by atoms with Gasteiger partial charge in [0.2, 0.25) is 0 Å². The highest BCUT2D eigenvalue weighted by Gasteiger charge is 1.99. The molecular weight excluding hydrogens is 164 g/mol. The Hall–Kier alpha value is -0.810. The zero-order chi connectivity index (χ0) is 8.27. The highest BCUT2D eigenvalue weighted by molar-refractivity contribution is 7.78. The third-order valence-corrected chi connectivity index (χ3v) is 1.60. The van der Waals surface area contributed by atoms with Crippen LogP contribution in [-0.4, -0.2) is 18.7 Å². The first-order valence-electron chi connectivity index (χ1n) is 3.04. The molecule has 1 aromatic rings. The van der Waals surface area contributed by atoms with Crippen molar-refractivity contribution in [1.29, 1.82) is 0 Å². The van der Waals surface area contributed by atoms with Crippen molar-refractivity contribution in [2.45, 2.75) is 12.7 Å². The van der Waals surface area contributed by atoms with E-state index in [1.54, 1.807) is 12.3 Å². The molecule has 1 N–H and O–H groups in total. The minimum atomic E-state index is -1.85. The van der Waals surface area contributed by atoms with E-state index >= 15 is 0 Å². The molecule has 4 nitrogen and oxygen atoms in total. The minimum absolute atomic E-state index is 0.00167. The van der Waals surface area contributed by atoms with E-state index in [0.717, 1.165) is 5.69 Å². The molecule has 0 amide bonds. The van der Waals surface area contributed by atoms with Crippen LogP contribution >= 0.6 is 0 Å². The maximum atomic E-state index is 10.3. The van der Waals surface area contributed by atoms with Gasteiger partial charge in [0.15, 0.2) is 11.1 Å². The van der Waals surface area contributed by atoms with Crippen LogP contribution in [0.4, 0.5) is 0 Å². The summed E-state index contributed by atoms with van der Waals surface area (Å²) in [6.07, 6.45) is 1.57. The summed E-state index contributed by atoms with van der Waals surface area (Å²) in [5.41, 5.74) is 0.806. The van der Waals surface area contributed by atoms with Crippen LogP contribution in [0, 0.1) is 6.92 Å². The van der Waals surface area contributed by atoms with Crippen molar-refractivity contribution in [3.8, 4) is 0 Å². The number of hydrogen-bond donors (Lipinski definition) is 1. The lowest BCUT2D eigenvalue weighted by molar-refractivity contribution is 0.562. The van der Waals surface area contributed by atoms with E-state index < -0.39 is 11.1 Å². The SMILES string of the molecule is Cc1ccnc(CS(=O)O)n1. The second kappa shape index (κ2) is 3.54. The van der Waals surface area contributed by atoms with Crippen molar-refractivity contribution in [3.05, 3.63) is 23.8 Å². The van der Waals surface area contributed by atoms with Gasteiger partial charge in [0.05, 0.1) is 0 Å². The molecule has 1 heterocycles. The normalized spacial score (nSPS) is 12.9. The zero-order valence-electron chi connectivity index (χ0n) is 6.02. The molecule has 0 spiro atoms. The van der Waals surface area contributed by atoms with Crippen molar-refractivity contribution in [1.82, 2.24) is 9.97 Å². The highest BCUT2D eigenvalue weighted by atomic mass is 32.2. The second-order valence-electron chi connectivity index (χ2n) is 2.08. The predicted octanol–water partition coefficient (Wildman–Crippen LogP) is 0.507. The van der Waals surface area contributed by atoms with E-state index in [1.807, 2.05) is 6.92 Å². The van der Waals surface area contributed by atoms with Crippen molar-refractivity contribution >= 4 is 11.1 Å². The van der Waals surface area contributed by atoms with Crippen LogP contribution in [0.5, 0.6) is 0 Å². The first kappa shape index (κ1) is 8.29. The average molecular weight is 172 g/mol. The second-order valence-corrected chi connectivity index (χ2v) is 3.01. The van der Waals surface area contributed by atoms with E-state index in [0.29, 0.717) is 5.82 Å². The van der Waals surface area contributed by atoms with Crippen LogP contribution in [0.3, 0.4) is 0 Å². The third-order valence-electron chi connectivity index (χ3n) is 1.10. The summed E-state index contributed by atoms with van der Waals surface area (Å²) < 4.78 is 18.8. The topological polar surface area (TPSA) is 63.1 Å². The fourth-order valence-electron chi connectivity index (χ4n) is 0.681. The third kappa shape index (κ3) is 2.73. The predicted molar refractivity (Wildman–Crippen MR) is 41.2 cm³/mol. The fourth-order valence-corrected chi connectivity index (χ4v) is 1.04. The van der Waals surface area contributed by atoms with E-state index in [2.05, 4.69) is 9.97 Å². The van der Waals surface area contributed by atoms with E-state index in [1.165, 1.54) is 0 Å². The zero-order valence-corrected chi connectivity index (χ0v) is 6.84. The lowest BCUT2D eigenvalue weighted by Gasteiger charge is -1.95. The maximum Gasteiger partial charge on any atom is 0.160 e. The van der Waals surface area contributed by atoms with Crippen LogP contribution < -0.4 is 0 Å². The Morgan fingerprint density at radius 3 is 3.00 bits per heavy atom. The standard InChI is InChI=1S/C6H8N2O2S/c1-5-2-3-7-6(8-5)4-11(9)10/h2-3H,4H2,1H3,(H,9,10). The van der Waals surface area contributed by atoms with Gasteiger partial charge in [-0.15, -0.1) is 0 Å². The molecule has 0 aliphatic carbocycles. The Kier molecular flexibility index (Phi) is 2.67. The lowest BCUT2D eigenvalue weighted by atomic mass is 10.4. The van der Waals surface area contributed by atoms with Gasteiger partial charge in [0.25, 0.3) is 0 Å². The van der Waals surface area contributed by atoms with Crippen molar-refractivity contribution in [2.75, 3.05) is 0 Å². The average Bonchev–Trinajstić information content (AvgIpc) is 1.85. The molecule has 0 aromatic carbocycles. The van der Waals surface area contributed by atoms with E-state index in [-0.39, 0.29) is 5.75 Å². The molecule has 5 heteroatoms. The highest BCUT2D eigenvalue weighted by Crippen LogP contribution is 1.95. The first-order chi connectivity index (χ1) is 5.18. The molecule has 60 valence electrons. The first-order valence-corrected chi connectivity index (χ1v) is 4.32. The molecule has 0 saturated carbocycles. The molecule has 1 aromatic heterocycles. The number of aromatic nitrogens is 2. The van der Waals surface area contributed by atoms with Crippen molar-refractivity contribution < 1.29 is 8.76 Å². The summed E-state index contributed by atoms with van der Waals surface area (Å²) in [5, 5.41) is 0. The molecule has 0 fully saturated rings. The number of nitrogens with zero attached hydrogens (tertiary/aromatic N) is 2. The Morgan fingerprint density at radius 1 is 1.73 bits per heavy atom. The van der Waals surface area contributed by atoms with Crippen LogP contribution in [0.2, 0.25) is 0 Å². The Balaban J connectivity index is 2.79. The molecule has 0 bridgehead atoms. The number of hydrogen-bond acceptors (Lipinski definition) is 3. The van der Waals surface area contributed by atoms with Gasteiger partial charge in [-0.25, -0.2) is 14.2 Å². The van der Waals surface area contributed by atoms with Crippen molar-refractivity contribution in [3.63, 3.8) is 0 Å². The summed E-state index contributed by atoms with van der Waals surface area (Å²) in [5.74, 6) is 0.410. The smallest absolute Gasteiger partial charge is 0.160 e. The van der Waals surface area contributed by atoms with Gasteiger partial charge in [-0.05, 0) is 13.0 Å². The largest absolute Gasteiger partial charge is 0.306 e. The molecule has 1 rings (SSSR count). The summed E-state index contributed by atoms with van der Waals surface area (Å²) in [4.78, 5) is 7.76.